The van der Waals surface area contributed by atoms with Gasteiger partial charge in [-0.3, -0.25) is 0 Å². The summed E-state index contributed by atoms with van der Waals surface area (Å²) in [6.07, 6.45) is 1.59. The molecule has 0 aromatic heterocycles. The minimum Gasteiger partial charge on any atom is -0.545 e. The van der Waals surface area contributed by atoms with Gasteiger partial charge in [0.25, 0.3) is 0 Å². The van der Waals surface area contributed by atoms with Gasteiger partial charge in [0.15, 0.2) is 4.98 Å². The van der Waals surface area contributed by atoms with Crippen molar-refractivity contribution in [1.29, 1.82) is 5.39 Å². The molecular weight excluding hydrogens is 254 g/mol. The molecule has 0 unspecified atom stereocenters. The molecule has 0 saturated carbocycles. The van der Waals surface area contributed by atoms with Crippen molar-refractivity contribution < 1.29 is 13.2 Å². The van der Waals surface area contributed by atoms with E-state index in [2.05, 4.69) is 9.70 Å². The van der Waals surface area contributed by atoms with Crippen LogP contribution < -0.4 is 4.74 Å². The largest absolute Gasteiger partial charge is 0.545 e. The number of diazo groups is 1. The summed E-state index contributed by atoms with van der Waals surface area (Å²) in [5.74, 6) is 0.296. The van der Waals surface area contributed by atoms with Crippen LogP contribution in [0.3, 0.4) is 0 Å². The summed E-state index contributed by atoms with van der Waals surface area (Å²) in [5.41, 5.74) is 0.0595. The lowest BCUT2D eigenvalue weighted by molar-refractivity contribution is 0.417. The number of hydrogen-bond donors (Lipinski definition) is 0. The van der Waals surface area contributed by atoms with Gasteiger partial charge in [-0.05, 0) is 12.1 Å². The quantitative estimate of drug-likeness (QED) is 0.586. The molecule has 0 aliphatic heterocycles. The lowest BCUT2D eigenvalue weighted by Crippen LogP contribution is -2.01. The van der Waals surface area contributed by atoms with E-state index in [0.717, 1.165) is 6.42 Å². The Bertz CT molecular complexity index is 549. The molecule has 0 N–H and O–H groups in total. The van der Waals surface area contributed by atoms with Gasteiger partial charge in [-0.25, -0.2) is 8.42 Å². The van der Waals surface area contributed by atoms with Crippen molar-refractivity contribution in [3.05, 3.63) is 27.9 Å². The summed E-state index contributed by atoms with van der Waals surface area (Å²) in [6.45, 7) is 2.22. The average molecular weight is 269 g/mol. The van der Waals surface area contributed by atoms with Crippen LogP contribution in [0.15, 0.2) is 23.1 Å². The van der Waals surface area contributed by atoms with Crippen molar-refractivity contribution in [3.63, 3.8) is 0 Å². The van der Waals surface area contributed by atoms with Crippen LogP contribution in [-0.2, 0) is 10.0 Å². The molecule has 0 spiro atoms. The molecule has 7 heteroatoms. The maximum Gasteiger partial charge on any atom is 0.427 e. The van der Waals surface area contributed by atoms with E-state index >= 15 is 0 Å². The Morgan fingerprint density at radius 2 is 2.17 bits per heavy atom. The first-order valence-electron chi connectivity index (χ1n) is 5.52. The van der Waals surface area contributed by atoms with Crippen LogP contribution in [0.1, 0.15) is 19.8 Å². The Morgan fingerprint density at radius 3 is 2.72 bits per heavy atom. The molecule has 0 saturated heterocycles. The Balaban J connectivity index is 3.00. The average Bonchev–Trinajstić information content (AvgIpc) is 2.38. The Morgan fingerprint density at radius 1 is 1.44 bits per heavy atom. The molecule has 6 nitrogen and oxygen atoms in total. The van der Waals surface area contributed by atoms with Gasteiger partial charge in [0.05, 0.1) is 18.1 Å². The molecule has 1 rings (SSSR count). The molecule has 0 atom stereocenters. The predicted molar refractivity (Wildman–Crippen MR) is 68.1 cm³/mol. The lowest BCUT2D eigenvalue weighted by Gasteiger charge is -2.19. The summed E-state index contributed by atoms with van der Waals surface area (Å²) < 4.78 is 32.3. The molecule has 0 bridgehead atoms. The maximum atomic E-state index is 11.8. The first-order chi connectivity index (χ1) is 8.55. The van der Waals surface area contributed by atoms with Gasteiger partial charge in [-0.1, -0.05) is 19.8 Å². The minimum atomic E-state index is -3.69. The van der Waals surface area contributed by atoms with Crippen LogP contribution in [0.25, 0.3) is 9.70 Å². The zero-order chi connectivity index (χ0) is 13.6. The normalized spacial score (nSPS) is 10.9. The van der Waals surface area contributed by atoms with Crippen molar-refractivity contribution in [1.82, 2.24) is 0 Å². The predicted octanol–water partition coefficient (Wildman–Crippen LogP) is 3.04. The highest BCUT2D eigenvalue weighted by Crippen LogP contribution is 2.31. The number of benzene rings is 1. The topological polar surface area (TPSA) is 85.6 Å². The second-order valence-corrected chi connectivity index (χ2v) is 5.29. The van der Waals surface area contributed by atoms with Gasteiger partial charge in [0.1, 0.15) is 10.0 Å². The molecule has 0 amide bonds. The van der Waals surface area contributed by atoms with E-state index < -0.39 is 10.0 Å². The molecule has 1 aromatic rings. The number of sulfonamides is 1. The monoisotopic (exact) mass is 269 g/mol. The third-order valence-electron chi connectivity index (χ3n) is 2.33. The van der Waals surface area contributed by atoms with Crippen LogP contribution in [0.5, 0.6) is 5.75 Å². The Kier molecular flexibility index (Phi) is 5.07. The van der Waals surface area contributed by atoms with Crippen molar-refractivity contribution in [2.45, 2.75) is 24.7 Å². The highest BCUT2D eigenvalue weighted by Gasteiger charge is 2.18. The highest BCUT2D eigenvalue weighted by molar-refractivity contribution is 7.94. The molecule has 0 radical (unpaired) electrons. The maximum absolute atomic E-state index is 11.8. The number of methoxy groups -OCH3 is 1. The van der Waals surface area contributed by atoms with Gasteiger partial charge < -0.3 is 9.46 Å². The van der Waals surface area contributed by atoms with Crippen LogP contribution in [0.2, 0.25) is 0 Å². The molecule has 98 valence electrons. The lowest BCUT2D eigenvalue weighted by atomic mass is 10.3. The fraction of sp³-hybridized carbons (Fsp3) is 0.455. The van der Waals surface area contributed by atoms with E-state index in [1.807, 2.05) is 6.92 Å². The number of nitrogens with zero attached hydrogens (tertiary/aromatic N) is 3. The van der Waals surface area contributed by atoms with Crippen LogP contribution in [0.4, 0.5) is 5.69 Å². The summed E-state index contributed by atoms with van der Waals surface area (Å²) in [7, 11) is -2.29. The van der Waals surface area contributed by atoms with Crippen LogP contribution in [0, 0.1) is 5.39 Å². The van der Waals surface area contributed by atoms with Gasteiger partial charge >= 0.3 is 5.69 Å². The SMILES string of the molecule is CCCC[N-]S(=O)(=O)c1ccc(OC)c([N+]#N)c1. The van der Waals surface area contributed by atoms with Crippen LogP contribution in [-0.4, -0.2) is 22.1 Å². The van der Waals surface area contributed by atoms with Crippen molar-refractivity contribution in [2.24, 2.45) is 0 Å². The van der Waals surface area contributed by atoms with E-state index in [1.54, 1.807) is 0 Å². The second-order valence-electron chi connectivity index (χ2n) is 3.61. The summed E-state index contributed by atoms with van der Waals surface area (Å²) in [5, 5.41) is 8.77. The summed E-state index contributed by atoms with van der Waals surface area (Å²) in [6, 6.07) is 4.03. The zero-order valence-electron chi connectivity index (χ0n) is 10.3. The highest BCUT2D eigenvalue weighted by atomic mass is 32.2. The van der Waals surface area contributed by atoms with Crippen molar-refractivity contribution in [3.8, 4) is 5.75 Å². The number of unbranched alkanes of at least 4 members (excludes halogenated alkanes) is 1. The summed E-state index contributed by atoms with van der Waals surface area (Å²) >= 11 is 0. The number of ether oxygens (including phenoxy) is 1. The zero-order valence-corrected chi connectivity index (χ0v) is 11.1. The fourth-order valence-electron chi connectivity index (χ4n) is 1.33. The van der Waals surface area contributed by atoms with Gasteiger partial charge in [-0.2, -0.15) is 0 Å². The first-order valence-corrected chi connectivity index (χ1v) is 6.96. The Labute approximate surface area is 107 Å². The van der Waals surface area contributed by atoms with E-state index in [1.165, 1.54) is 25.3 Å². The molecular formula is C11H15N3O3S. The molecule has 0 aliphatic carbocycles. The second kappa shape index (κ2) is 6.33. The van der Waals surface area contributed by atoms with Crippen LogP contribution >= 0.6 is 0 Å². The van der Waals surface area contributed by atoms with E-state index in [4.69, 9.17) is 10.1 Å². The smallest absolute Gasteiger partial charge is 0.427 e. The third-order valence-corrected chi connectivity index (χ3v) is 3.70. The summed E-state index contributed by atoms with van der Waals surface area (Å²) in [4.78, 5) is 2.97. The number of rotatable bonds is 6. The molecule has 0 heterocycles. The Hall–Kier alpha value is -1.65. The van der Waals surface area contributed by atoms with Gasteiger partial charge in [-0.15, -0.1) is 6.54 Å². The first kappa shape index (κ1) is 14.4. The third kappa shape index (κ3) is 3.42. The van der Waals surface area contributed by atoms with E-state index in [0.29, 0.717) is 12.2 Å². The standard InChI is InChI=1S/C11H15N3O3S/c1-3-4-7-13-18(15,16)9-5-6-11(17-2)10(8-9)14-12/h5-6,8H,3-4,7H2,1-2H3. The van der Waals surface area contributed by atoms with Gasteiger partial charge in [0.2, 0.25) is 11.1 Å². The van der Waals surface area contributed by atoms with Crippen molar-refractivity contribution in [2.75, 3.05) is 13.7 Å². The molecule has 1 aromatic carbocycles. The minimum absolute atomic E-state index is 0.00722. The molecule has 0 fully saturated rings. The fourth-order valence-corrected chi connectivity index (χ4v) is 2.34. The van der Waals surface area contributed by atoms with E-state index in [9.17, 15) is 8.42 Å². The molecule has 18 heavy (non-hydrogen) atoms. The van der Waals surface area contributed by atoms with Crippen molar-refractivity contribution >= 4 is 15.7 Å². The van der Waals surface area contributed by atoms with E-state index in [-0.39, 0.29) is 17.1 Å². The molecule has 0 aliphatic rings. The number of hydrogen-bond acceptors (Lipinski definition) is 4. The van der Waals surface area contributed by atoms with Gasteiger partial charge in [0, 0.05) is 0 Å².